The monoisotopic (exact) mass is 486 g/mol. The Kier molecular flexibility index (Phi) is 6.01. The highest BCUT2D eigenvalue weighted by atomic mass is 16.5. The Balaban J connectivity index is 1.59. The number of benzene rings is 2. The molecule has 0 radical (unpaired) electrons. The molecule has 0 aliphatic carbocycles. The van der Waals surface area contributed by atoms with Crippen LogP contribution in [0.25, 0.3) is 21.9 Å². The Hall–Kier alpha value is -4.47. The molecule has 36 heavy (non-hydrogen) atoms. The number of amides is 1. The maximum Gasteiger partial charge on any atom is 0.278 e. The highest BCUT2D eigenvalue weighted by Crippen LogP contribution is 2.29. The first-order valence-electron chi connectivity index (χ1n) is 11.6. The Bertz CT molecular complexity index is 1660. The number of hydrogen-bond donors (Lipinski definition) is 1. The zero-order valence-electron chi connectivity index (χ0n) is 20.5. The number of fused-ring (bicyclic) bond motifs is 3. The van der Waals surface area contributed by atoms with Gasteiger partial charge in [-0.05, 0) is 55.3 Å². The number of nitrogens with one attached hydrogen (secondary N) is 1. The van der Waals surface area contributed by atoms with E-state index >= 15 is 0 Å². The summed E-state index contributed by atoms with van der Waals surface area (Å²) in [7, 11) is 1.58. The molecule has 1 amide bonds. The van der Waals surface area contributed by atoms with Crippen LogP contribution < -0.4 is 15.6 Å². The van der Waals surface area contributed by atoms with E-state index in [0.29, 0.717) is 46.1 Å². The van der Waals surface area contributed by atoms with Gasteiger partial charge in [-0.1, -0.05) is 18.1 Å². The van der Waals surface area contributed by atoms with E-state index in [-0.39, 0.29) is 24.6 Å². The van der Waals surface area contributed by atoms with Crippen molar-refractivity contribution in [1.82, 2.24) is 24.3 Å². The maximum atomic E-state index is 13.6. The molecule has 2 aromatic carbocycles. The number of carbonyl (C=O) groups is 1. The molecular weight excluding hydrogens is 460 g/mol. The lowest BCUT2D eigenvalue weighted by Gasteiger charge is -2.10. The van der Waals surface area contributed by atoms with Gasteiger partial charge < -0.3 is 19.1 Å². The molecule has 10 nitrogen and oxygen atoms in total. The Morgan fingerprint density at radius 3 is 2.69 bits per heavy atom. The molecule has 0 spiro atoms. The lowest BCUT2D eigenvalue weighted by Crippen LogP contribution is -2.25. The minimum absolute atomic E-state index is 0.0687. The number of methoxy groups -OCH3 is 1. The van der Waals surface area contributed by atoms with E-state index in [1.165, 1.54) is 10.9 Å². The fourth-order valence-corrected chi connectivity index (χ4v) is 4.19. The lowest BCUT2D eigenvalue weighted by molar-refractivity contribution is -0.116. The molecule has 10 heteroatoms. The zero-order valence-corrected chi connectivity index (χ0v) is 20.5. The molecule has 3 aromatic heterocycles. The molecule has 184 valence electrons. The predicted molar refractivity (Wildman–Crippen MR) is 135 cm³/mol. The molecule has 5 rings (SSSR count). The number of carbonyl (C=O) groups excluding carboxylic acids is 1. The van der Waals surface area contributed by atoms with Crippen LogP contribution in [-0.2, 0) is 24.3 Å². The number of aryl methyl sites for hydroxylation is 3. The third-order valence-electron chi connectivity index (χ3n) is 6.26. The minimum Gasteiger partial charge on any atom is -0.497 e. The van der Waals surface area contributed by atoms with E-state index in [9.17, 15) is 9.59 Å². The molecule has 0 saturated heterocycles. The average Bonchev–Trinajstić information content (AvgIpc) is 3.45. The summed E-state index contributed by atoms with van der Waals surface area (Å²) in [6.07, 6.45) is 2.08. The van der Waals surface area contributed by atoms with E-state index in [2.05, 4.69) is 20.4 Å². The molecule has 5 aromatic rings. The number of nitrogens with zero attached hydrogens (tertiary/aromatic N) is 5. The first-order valence-corrected chi connectivity index (χ1v) is 11.6. The van der Waals surface area contributed by atoms with Gasteiger partial charge in [0.25, 0.3) is 5.56 Å². The van der Waals surface area contributed by atoms with Crippen molar-refractivity contribution in [2.75, 3.05) is 12.4 Å². The summed E-state index contributed by atoms with van der Waals surface area (Å²) in [5.74, 6) is 1.25. The van der Waals surface area contributed by atoms with Gasteiger partial charge in [-0.2, -0.15) is 4.98 Å². The van der Waals surface area contributed by atoms with Crippen molar-refractivity contribution < 1.29 is 14.1 Å². The summed E-state index contributed by atoms with van der Waals surface area (Å²) in [5.41, 5.74) is 4.11. The highest BCUT2D eigenvalue weighted by molar-refractivity contribution is 6.07. The fraction of sp³-hybridized carbons (Fsp3) is 0.269. The maximum absolute atomic E-state index is 13.6. The zero-order chi connectivity index (χ0) is 25.4. The summed E-state index contributed by atoms with van der Waals surface area (Å²) in [6.45, 7) is 5.94. The van der Waals surface area contributed by atoms with Crippen LogP contribution in [0.4, 0.5) is 5.69 Å². The molecule has 0 fully saturated rings. The molecule has 1 N–H and O–H groups in total. The van der Waals surface area contributed by atoms with Gasteiger partial charge in [-0.25, -0.2) is 4.98 Å². The molecule has 0 bridgehead atoms. The quantitative estimate of drug-likeness (QED) is 0.373. The lowest BCUT2D eigenvalue weighted by atomic mass is 10.1. The molecular formula is C26H26N6O4. The summed E-state index contributed by atoms with van der Waals surface area (Å²) in [6, 6.07) is 11.2. The number of hydrogen-bond acceptors (Lipinski definition) is 7. The third kappa shape index (κ3) is 4.21. The van der Waals surface area contributed by atoms with Crippen molar-refractivity contribution in [3.05, 3.63) is 75.9 Å². The van der Waals surface area contributed by atoms with Crippen molar-refractivity contribution in [3.63, 3.8) is 0 Å². The SMILES string of the molecule is CCc1noc(Cn2cnc3c4cc(OC)ccc4n(CC(=O)Nc4ccc(C)c(C)c4)c3c2=O)n1. The number of ether oxygens (including phenoxy) is 1. The first kappa shape index (κ1) is 23.3. The summed E-state index contributed by atoms with van der Waals surface area (Å²) >= 11 is 0. The number of aromatic nitrogens is 5. The van der Waals surface area contributed by atoms with Gasteiger partial charge in [0.05, 0.1) is 19.0 Å². The van der Waals surface area contributed by atoms with Crippen LogP contribution in [0.5, 0.6) is 5.75 Å². The second-order valence-corrected chi connectivity index (χ2v) is 8.65. The van der Waals surface area contributed by atoms with Gasteiger partial charge >= 0.3 is 0 Å². The van der Waals surface area contributed by atoms with Gasteiger partial charge in [0.2, 0.25) is 11.8 Å². The van der Waals surface area contributed by atoms with Crippen LogP contribution in [0.3, 0.4) is 0 Å². The first-order chi connectivity index (χ1) is 17.4. The standard InChI is InChI=1S/C26H26N6O4/c1-5-21-29-23(36-30-21)13-31-14-27-24-19-11-18(35-4)8-9-20(19)32(25(24)26(31)34)12-22(33)28-17-7-6-15(2)16(3)10-17/h6-11,14H,5,12-13H2,1-4H3,(H,28,33). The van der Waals surface area contributed by atoms with Crippen molar-refractivity contribution in [1.29, 1.82) is 0 Å². The predicted octanol–water partition coefficient (Wildman–Crippen LogP) is 3.61. The number of rotatable bonds is 7. The summed E-state index contributed by atoms with van der Waals surface area (Å²) in [4.78, 5) is 35.6. The van der Waals surface area contributed by atoms with E-state index in [0.717, 1.165) is 16.5 Å². The average molecular weight is 487 g/mol. The Morgan fingerprint density at radius 2 is 1.97 bits per heavy atom. The van der Waals surface area contributed by atoms with Gasteiger partial charge in [0.1, 0.15) is 29.9 Å². The smallest absolute Gasteiger partial charge is 0.278 e. The number of anilines is 1. The molecule has 0 atom stereocenters. The van der Waals surface area contributed by atoms with Crippen LogP contribution in [-0.4, -0.2) is 37.3 Å². The van der Waals surface area contributed by atoms with Crippen LogP contribution in [0.2, 0.25) is 0 Å². The Labute approximate surface area is 206 Å². The van der Waals surface area contributed by atoms with Crippen molar-refractivity contribution in [2.45, 2.75) is 40.3 Å². The van der Waals surface area contributed by atoms with Gasteiger partial charge in [-0.3, -0.25) is 14.2 Å². The largest absolute Gasteiger partial charge is 0.497 e. The van der Waals surface area contributed by atoms with Crippen LogP contribution in [0, 0.1) is 13.8 Å². The van der Waals surface area contributed by atoms with Crippen molar-refractivity contribution in [3.8, 4) is 5.75 Å². The summed E-state index contributed by atoms with van der Waals surface area (Å²) in [5, 5.41) is 7.55. The van der Waals surface area contributed by atoms with Crippen LogP contribution in [0.15, 0.2) is 52.0 Å². The Morgan fingerprint density at radius 1 is 1.14 bits per heavy atom. The fourth-order valence-electron chi connectivity index (χ4n) is 4.19. The van der Waals surface area contributed by atoms with Crippen molar-refractivity contribution in [2.24, 2.45) is 0 Å². The van der Waals surface area contributed by atoms with E-state index < -0.39 is 0 Å². The topological polar surface area (TPSA) is 117 Å². The minimum atomic E-state index is -0.314. The second-order valence-electron chi connectivity index (χ2n) is 8.65. The van der Waals surface area contributed by atoms with E-state index in [1.807, 2.05) is 51.1 Å². The van der Waals surface area contributed by atoms with Gasteiger partial charge in [-0.15, -0.1) is 0 Å². The molecule has 0 saturated carbocycles. The normalized spacial score (nSPS) is 11.3. The van der Waals surface area contributed by atoms with Crippen molar-refractivity contribution >= 4 is 33.5 Å². The van der Waals surface area contributed by atoms with E-state index in [1.54, 1.807) is 17.7 Å². The van der Waals surface area contributed by atoms with E-state index in [4.69, 9.17) is 9.26 Å². The van der Waals surface area contributed by atoms with Crippen LogP contribution in [0.1, 0.15) is 29.8 Å². The molecule has 0 aliphatic rings. The van der Waals surface area contributed by atoms with Gasteiger partial charge in [0.15, 0.2) is 5.82 Å². The molecule has 0 aliphatic heterocycles. The molecule has 3 heterocycles. The summed E-state index contributed by atoms with van der Waals surface area (Å²) < 4.78 is 13.7. The highest BCUT2D eigenvalue weighted by Gasteiger charge is 2.20. The van der Waals surface area contributed by atoms with Gasteiger partial charge in [0, 0.05) is 17.5 Å². The second kappa shape index (κ2) is 9.29. The molecule has 0 unspecified atom stereocenters. The third-order valence-corrected chi connectivity index (χ3v) is 6.26. The van der Waals surface area contributed by atoms with Crippen LogP contribution >= 0.6 is 0 Å².